The monoisotopic (exact) mass is 413 g/mol. The Morgan fingerprint density at radius 3 is 2.66 bits per heavy atom. The van der Waals surface area contributed by atoms with E-state index < -0.39 is 5.41 Å². The Bertz CT molecular complexity index is 884. The number of hydrogen-bond donors (Lipinski definition) is 1. The smallest absolute Gasteiger partial charge is 0.341 e. The minimum absolute atomic E-state index is 0.0199. The summed E-state index contributed by atoms with van der Waals surface area (Å²) in [6, 6.07) is 10.0. The maximum Gasteiger partial charge on any atom is 0.341 e. The Labute approximate surface area is 175 Å². The number of benzene rings is 1. The number of hydrogen-bond acceptors (Lipinski definition) is 5. The summed E-state index contributed by atoms with van der Waals surface area (Å²) in [6.45, 7) is 3.16. The van der Waals surface area contributed by atoms with Gasteiger partial charge in [-0.15, -0.1) is 11.3 Å². The predicted molar refractivity (Wildman–Crippen MR) is 113 cm³/mol. The molecule has 1 aromatic heterocycles. The van der Waals surface area contributed by atoms with Gasteiger partial charge in [0.15, 0.2) is 0 Å². The van der Waals surface area contributed by atoms with Crippen LogP contribution in [0.4, 0.5) is 5.00 Å². The van der Waals surface area contributed by atoms with Gasteiger partial charge in [-0.1, -0.05) is 49.6 Å². The van der Waals surface area contributed by atoms with Gasteiger partial charge in [0.05, 0.1) is 30.8 Å². The van der Waals surface area contributed by atoms with Crippen molar-refractivity contribution in [3.63, 3.8) is 0 Å². The average molecular weight is 414 g/mol. The van der Waals surface area contributed by atoms with Gasteiger partial charge in [0.2, 0.25) is 5.91 Å². The van der Waals surface area contributed by atoms with Crippen molar-refractivity contribution in [3.05, 3.63) is 51.9 Å². The fraction of sp³-hybridized carbons (Fsp3) is 0.478. The lowest BCUT2D eigenvalue weighted by Crippen LogP contribution is -2.42. The molecule has 1 amide bonds. The van der Waals surface area contributed by atoms with Gasteiger partial charge >= 0.3 is 5.97 Å². The molecule has 0 spiro atoms. The van der Waals surface area contributed by atoms with Crippen molar-refractivity contribution in [1.29, 1.82) is 0 Å². The van der Waals surface area contributed by atoms with Crippen molar-refractivity contribution in [3.8, 4) is 0 Å². The van der Waals surface area contributed by atoms with Crippen LogP contribution in [-0.4, -0.2) is 25.1 Å². The molecule has 2 aliphatic rings. The number of anilines is 1. The Hall–Kier alpha value is -2.18. The van der Waals surface area contributed by atoms with E-state index in [9.17, 15) is 9.59 Å². The van der Waals surface area contributed by atoms with Gasteiger partial charge in [0, 0.05) is 4.88 Å². The minimum Gasteiger partial charge on any atom is -0.462 e. The summed E-state index contributed by atoms with van der Waals surface area (Å²) >= 11 is 1.44. The van der Waals surface area contributed by atoms with Crippen LogP contribution >= 0.6 is 11.3 Å². The number of nitrogens with one attached hydrogen (secondary N) is 1. The van der Waals surface area contributed by atoms with Gasteiger partial charge in [0.1, 0.15) is 5.00 Å². The zero-order valence-electron chi connectivity index (χ0n) is 16.8. The highest BCUT2D eigenvalue weighted by atomic mass is 32.1. The van der Waals surface area contributed by atoms with Crippen LogP contribution in [0.5, 0.6) is 0 Å². The molecule has 0 unspecified atom stereocenters. The summed E-state index contributed by atoms with van der Waals surface area (Å²) in [6.07, 6.45) is 5.53. The molecular formula is C23H27NO4S. The van der Waals surface area contributed by atoms with E-state index >= 15 is 0 Å². The maximum absolute atomic E-state index is 13.6. The number of rotatable bonds is 5. The molecule has 1 aliphatic heterocycles. The highest BCUT2D eigenvalue weighted by molar-refractivity contribution is 7.17. The topological polar surface area (TPSA) is 64.6 Å². The molecule has 1 aliphatic carbocycles. The summed E-state index contributed by atoms with van der Waals surface area (Å²) in [5, 5.41) is 3.74. The standard InChI is InChI=1S/C23H27NO4S/c1-2-28-21(25)19-17-11-14-27-15-18(17)29-20(19)24-22(26)23(12-7-4-8-13-23)16-9-5-3-6-10-16/h3,5-6,9-10H,2,4,7-8,11-15H2,1H3,(H,24,26). The quantitative estimate of drug-likeness (QED) is 0.713. The second-order valence-corrected chi connectivity index (χ2v) is 8.80. The van der Waals surface area contributed by atoms with Gasteiger partial charge in [-0.05, 0) is 37.3 Å². The van der Waals surface area contributed by atoms with Crippen LogP contribution in [0.1, 0.15) is 65.4 Å². The van der Waals surface area contributed by atoms with Crippen molar-refractivity contribution in [1.82, 2.24) is 0 Å². The van der Waals surface area contributed by atoms with Gasteiger partial charge in [0.25, 0.3) is 0 Å². The molecule has 0 atom stereocenters. The summed E-state index contributed by atoms with van der Waals surface area (Å²) in [7, 11) is 0. The lowest BCUT2D eigenvalue weighted by Gasteiger charge is -2.36. The highest BCUT2D eigenvalue weighted by Gasteiger charge is 2.42. The first-order valence-corrected chi connectivity index (χ1v) is 11.2. The second-order valence-electron chi connectivity index (χ2n) is 7.69. The van der Waals surface area contributed by atoms with E-state index in [4.69, 9.17) is 9.47 Å². The third kappa shape index (κ3) is 3.83. The number of ether oxygens (including phenoxy) is 2. The Morgan fingerprint density at radius 2 is 1.93 bits per heavy atom. The molecule has 2 aromatic rings. The summed E-state index contributed by atoms with van der Waals surface area (Å²) in [5.41, 5.74) is 1.99. The third-order valence-corrected chi connectivity index (χ3v) is 7.12. The number of amides is 1. The van der Waals surface area contributed by atoms with Gasteiger partial charge < -0.3 is 14.8 Å². The maximum atomic E-state index is 13.6. The Balaban J connectivity index is 1.70. The molecular weight excluding hydrogens is 386 g/mol. The lowest BCUT2D eigenvalue weighted by molar-refractivity contribution is -0.122. The Kier molecular flexibility index (Phi) is 6.01. The minimum atomic E-state index is -0.549. The van der Waals surface area contributed by atoms with Gasteiger partial charge in [-0.2, -0.15) is 0 Å². The fourth-order valence-electron chi connectivity index (χ4n) is 4.52. The number of carbonyl (C=O) groups is 2. The van der Waals surface area contributed by atoms with Crippen molar-refractivity contribution < 1.29 is 19.1 Å². The molecule has 0 radical (unpaired) electrons. The van der Waals surface area contributed by atoms with E-state index in [1.807, 2.05) is 30.3 Å². The molecule has 29 heavy (non-hydrogen) atoms. The first-order chi connectivity index (χ1) is 14.2. The Morgan fingerprint density at radius 1 is 1.17 bits per heavy atom. The molecule has 0 bridgehead atoms. The predicted octanol–water partition coefficient (Wildman–Crippen LogP) is 4.84. The summed E-state index contributed by atoms with van der Waals surface area (Å²) < 4.78 is 10.9. The fourth-order valence-corrected chi connectivity index (χ4v) is 5.69. The zero-order valence-corrected chi connectivity index (χ0v) is 17.6. The molecule has 4 rings (SSSR count). The third-order valence-electron chi connectivity index (χ3n) is 5.99. The molecule has 154 valence electrons. The molecule has 6 heteroatoms. The van der Waals surface area contributed by atoms with Gasteiger partial charge in [-0.3, -0.25) is 4.79 Å². The van der Waals surface area contributed by atoms with Crippen LogP contribution in [0.15, 0.2) is 30.3 Å². The number of fused-ring (bicyclic) bond motifs is 1. The van der Waals surface area contributed by atoms with E-state index in [0.717, 1.165) is 48.1 Å². The number of thiophene rings is 1. The van der Waals surface area contributed by atoms with E-state index in [2.05, 4.69) is 5.32 Å². The first kappa shape index (κ1) is 20.1. The second kappa shape index (κ2) is 8.67. The van der Waals surface area contributed by atoms with Crippen LogP contribution in [0.3, 0.4) is 0 Å². The lowest BCUT2D eigenvalue weighted by atomic mass is 9.68. The summed E-state index contributed by atoms with van der Waals surface area (Å²) in [4.78, 5) is 27.4. The molecule has 2 heterocycles. The van der Waals surface area contributed by atoms with Crippen LogP contribution in [-0.2, 0) is 32.7 Å². The van der Waals surface area contributed by atoms with Crippen LogP contribution in [0, 0.1) is 0 Å². The summed E-state index contributed by atoms with van der Waals surface area (Å²) in [5.74, 6) is -0.381. The van der Waals surface area contributed by atoms with Crippen molar-refractivity contribution >= 4 is 28.2 Å². The van der Waals surface area contributed by atoms with E-state index in [-0.39, 0.29) is 11.9 Å². The highest BCUT2D eigenvalue weighted by Crippen LogP contribution is 2.43. The largest absolute Gasteiger partial charge is 0.462 e. The molecule has 1 fully saturated rings. The van der Waals surface area contributed by atoms with Crippen molar-refractivity contribution in [2.24, 2.45) is 0 Å². The molecule has 0 saturated heterocycles. The van der Waals surface area contributed by atoms with Crippen LogP contribution < -0.4 is 5.32 Å². The molecule has 5 nitrogen and oxygen atoms in total. The first-order valence-electron chi connectivity index (χ1n) is 10.4. The van der Waals surface area contributed by atoms with Gasteiger partial charge in [-0.25, -0.2) is 4.79 Å². The average Bonchev–Trinajstić information content (AvgIpc) is 3.13. The number of carbonyl (C=O) groups excluding carboxylic acids is 2. The SMILES string of the molecule is CCOC(=O)c1c(NC(=O)C2(c3ccccc3)CCCCC2)sc2c1CCOC2. The normalized spacial score (nSPS) is 18.0. The van der Waals surface area contributed by atoms with E-state index in [1.54, 1.807) is 6.92 Å². The molecule has 1 N–H and O–H groups in total. The van der Waals surface area contributed by atoms with Crippen molar-refractivity contribution in [2.75, 3.05) is 18.5 Å². The van der Waals surface area contributed by atoms with E-state index in [1.165, 1.54) is 11.3 Å². The van der Waals surface area contributed by atoms with Crippen molar-refractivity contribution in [2.45, 2.75) is 57.5 Å². The van der Waals surface area contributed by atoms with E-state index in [0.29, 0.717) is 36.8 Å². The van der Waals surface area contributed by atoms with Crippen LogP contribution in [0.25, 0.3) is 0 Å². The zero-order chi connectivity index (χ0) is 20.3. The molecule has 1 aromatic carbocycles. The van der Waals surface area contributed by atoms with Crippen LogP contribution in [0.2, 0.25) is 0 Å². The number of esters is 1. The molecule has 1 saturated carbocycles.